The normalized spacial score (nSPS) is 10.3. The van der Waals surface area contributed by atoms with Crippen molar-refractivity contribution in [1.82, 2.24) is 0 Å². The van der Waals surface area contributed by atoms with E-state index in [0.717, 1.165) is 12.1 Å². The highest BCUT2D eigenvalue weighted by Gasteiger charge is 1.94. The molecule has 0 unspecified atom stereocenters. The van der Waals surface area contributed by atoms with Crippen LogP contribution in [-0.2, 0) is 6.42 Å². The summed E-state index contributed by atoms with van der Waals surface area (Å²) >= 11 is 0. The Kier molecular flexibility index (Phi) is 6.47. The van der Waals surface area contributed by atoms with Crippen molar-refractivity contribution in [3.05, 3.63) is 29.8 Å². The fraction of sp³-hybridized carbons (Fsp3) is 0.571. The van der Waals surface area contributed by atoms with E-state index in [1.54, 1.807) is 0 Å². The lowest BCUT2D eigenvalue weighted by molar-refractivity contribution is 0.607. The summed E-state index contributed by atoms with van der Waals surface area (Å²) in [5.74, 6) is 0. The Labute approximate surface area is 98.6 Å². The van der Waals surface area contributed by atoms with Crippen molar-refractivity contribution >= 4 is 5.69 Å². The molecule has 1 N–H and O–H groups in total. The molecule has 2 heteroatoms. The highest BCUT2D eigenvalue weighted by Crippen LogP contribution is 2.15. The summed E-state index contributed by atoms with van der Waals surface area (Å²) in [6.07, 6.45) is 9.22. The van der Waals surface area contributed by atoms with Gasteiger partial charge in [0, 0.05) is 0 Å². The van der Waals surface area contributed by atoms with Gasteiger partial charge in [0.25, 0.3) is 0 Å². The summed E-state index contributed by atoms with van der Waals surface area (Å²) in [7, 11) is 0. The number of nitrogens with one attached hydrogen (secondary N) is 1. The van der Waals surface area contributed by atoms with Gasteiger partial charge in [0.05, 0.1) is 5.69 Å². The van der Waals surface area contributed by atoms with Gasteiger partial charge in [-0.25, -0.2) is 5.53 Å². The monoisotopic (exact) mass is 218 g/mol. The van der Waals surface area contributed by atoms with Crippen LogP contribution in [0.15, 0.2) is 29.4 Å². The first-order chi connectivity index (χ1) is 7.86. The van der Waals surface area contributed by atoms with Crippen molar-refractivity contribution in [1.29, 1.82) is 5.53 Å². The maximum Gasteiger partial charge on any atom is 0.0850 e. The first-order valence-electron chi connectivity index (χ1n) is 6.33. The second-order valence-corrected chi connectivity index (χ2v) is 4.30. The third-order valence-corrected chi connectivity index (χ3v) is 2.88. The Hall–Kier alpha value is -1.18. The minimum absolute atomic E-state index is 0.742. The molecule has 0 aromatic heterocycles. The molecule has 0 radical (unpaired) electrons. The standard InChI is InChI=1S/C14H22N2/c1-2-3-4-5-6-7-8-13-9-11-14(16-15)12-10-13/h9-12,15H,2-8H2,1H3. The summed E-state index contributed by atoms with van der Waals surface area (Å²) in [6, 6.07) is 8.00. The van der Waals surface area contributed by atoms with Gasteiger partial charge in [-0.3, -0.25) is 0 Å². The van der Waals surface area contributed by atoms with Gasteiger partial charge in [-0.1, -0.05) is 51.2 Å². The number of aryl methyl sites for hydroxylation is 1. The van der Waals surface area contributed by atoms with Crippen LogP contribution in [0.4, 0.5) is 5.69 Å². The SMILES string of the molecule is CCCCCCCCc1ccc(N=N)cc1. The minimum Gasteiger partial charge on any atom is -0.204 e. The lowest BCUT2D eigenvalue weighted by Crippen LogP contribution is -1.85. The van der Waals surface area contributed by atoms with Gasteiger partial charge >= 0.3 is 0 Å². The van der Waals surface area contributed by atoms with Crippen LogP contribution in [0.3, 0.4) is 0 Å². The molecule has 0 fully saturated rings. The quantitative estimate of drug-likeness (QED) is 0.457. The maximum absolute atomic E-state index is 6.87. The van der Waals surface area contributed by atoms with Crippen LogP contribution < -0.4 is 0 Å². The molecule has 1 aromatic rings. The molecule has 0 spiro atoms. The van der Waals surface area contributed by atoms with Crippen LogP contribution in [0.2, 0.25) is 0 Å². The second kappa shape index (κ2) is 8.03. The molecule has 1 aromatic carbocycles. The molecule has 1 rings (SSSR count). The first-order valence-corrected chi connectivity index (χ1v) is 6.33. The number of hydrogen-bond donors (Lipinski definition) is 1. The zero-order valence-electron chi connectivity index (χ0n) is 10.2. The summed E-state index contributed by atoms with van der Waals surface area (Å²) in [4.78, 5) is 0. The Balaban J connectivity index is 2.14. The maximum atomic E-state index is 6.87. The molecule has 0 aliphatic carbocycles. The van der Waals surface area contributed by atoms with Crippen LogP contribution >= 0.6 is 0 Å². The van der Waals surface area contributed by atoms with Crippen LogP contribution in [0.1, 0.15) is 51.0 Å². The molecule has 0 saturated carbocycles. The summed E-state index contributed by atoms with van der Waals surface area (Å²) in [5, 5.41) is 3.39. The van der Waals surface area contributed by atoms with Gasteiger partial charge in [0.1, 0.15) is 0 Å². The fourth-order valence-electron chi connectivity index (χ4n) is 1.85. The Morgan fingerprint density at radius 3 is 2.19 bits per heavy atom. The average molecular weight is 218 g/mol. The third-order valence-electron chi connectivity index (χ3n) is 2.88. The minimum atomic E-state index is 0.742. The lowest BCUT2D eigenvalue weighted by atomic mass is 10.0. The predicted octanol–water partition coefficient (Wildman–Crippen LogP) is 5.25. The zero-order valence-corrected chi connectivity index (χ0v) is 10.2. The molecule has 0 heterocycles. The van der Waals surface area contributed by atoms with Crippen LogP contribution in [0.25, 0.3) is 0 Å². The topological polar surface area (TPSA) is 36.2 Å². The third kappa shape index (κ3) is 5.06. The molecule has 16 heavy (non-hydrogen) atoms. The summed E-state index contributed by atoms with van der Waals surface area (Å²) < 4.78 is 0. The van der Waals surface area contributed by atoms with E-state index in [2.05, 4.69) is 24.2 Å². The lowest BCUT2D eigenvalue weighted by Gasteiger charge is -2.02. The smallest absolute Gasteiger partial charge is 0.0850 e. The van der Waals surface area contributed by atoms with Gasteiger partial charge in [-0.05, 0) is 30.5 Å². The van der Waals surface area contributed by atoms with Crippen molar-refractivity contribution in [3.63, 3.8) is 0 Å². The van der Waals surface area contributed by atoms with Gasteiger partial charge in [0.2, 0.25) is 0 Å². The van der Waals surface area contributed by atoms with E-state index in [0.29, 0.717) is 0 Å². The predicted molar refractivity (Wildman–Crippen MR) is 68.3 cm³/mol. The van der Waals surface area contributed by atoms with E-state index in [-0.39, 0.29) is 0 Å². The van der Waals surface area contributed by atoms with Gasteiger partial charge in [0.15, 0.2) is 0 Å². The highest BCUT2D eigenvalue weighted by molar-refractivity contribution is 5.37. The molecule has 0 amide bonds. The van der Waals surface area contributed by atoms with Gasteiger partial charge < -0.3 is 0 Å². The van der Waals surface area contributed by atoms with E-state index in [1.165, 1.54) is 44.1 Å². The molecule has 88 valence electrons. The van der Waals surface area contributed by atoms with Crippen molar-refractivity contribution in [2.75, 3.05) is 0 Å². The number of nitrogens with zero attached hydrogens (tertiary/aromatic N) is 1. The molecular formula is C14H22N2. The number of rotatable bonds is 8. The fourth-order valence-corrected chi connectivity index (χ4v) is 1.85. The van der Waals surface area contributed by atoms with E-state index < -0.39 is 0 Å². The Morgan fingerprint density at radius 1 is 0.938 bits per heavy atom. The van der Waals surface area contributed by atoms with Gasteiger partial charge in [-0.15, -0.1) is 0 Å². The first kappa shape index (κ1) is 12.9. The van der Waals surface area contributed by atoms with E-state index in [4.69, 9.17) is 5.53 Å². The number of hydrogen-bond acceptors (Lipinski definition) is 2. The summed E-state index contributed by atoms with van der Waals surface area (Å²) in [6.45, 7) is 2.25. The van der Waals surface area contributed by atoms with Crippen molar-refractivity contribution in [2.45, 2.75) is 51.9 Å². The van der Waals surface area contributed by atoms with Crippen LogP contribution in [-0.4, -0.2) is 0 Å². The molecule has 2 nitrogen and oxygen atoms in total. The number of benzene rings is 1. The molecule has 0 saturated heterocycles. The van der Waals surface area contributed by atoms with E-state index >= 15 is 0 Å². The Morgan fingerprint density at radius 2 is 1.56 bits per heavy atom. The van der Waals surface area contributed by atoms with Gasteiger partial charge in [-0.2, -0.15) is 5.11 Å². The molecular weight excluding hydrogens is 196 g/mol. The number of unbranched alkanes of at least 4 members (excludes halogenated alkanes) is 5. The van der Waals surface area contributed by atoms with Crippen molar-refractivity contribution in [3.8, 4) is 0 Å². The molecule has 0 atom stereocenters. The van der Waals surface area contributed by atoms with Crippen LogP contribution in [0.5, 0.6) is 0 Å². The Bertz CT molecular complexity index is 290. The van der Waals surface area contributed by atoms with E-state index in [1.807, 2.05) is 12.1 Å². The molecule has 0 bridgehead atoms. The van der Waals surface area contributed by atoms with Crippen molar-refractivity contribution < 1.29 is 0 Å². The summed E-state index contributed by atoms with van der Waals surface area (Å²) in [5.41, 5.74) is 8.98. The largest absolute Gasteiger partial charge is 0.204 e. The second-order valence-electron chi connectivity index (χ2n) is 4.30. The molecule has 0 aliphatic rings. The van der Waals surface area contributed by atoms with Crippen molar-refractivity contribution in [2.24, 2.45) is 5.11 Å². The highest BCUT2D eigenvalue weighted by atomic mass is 14.9. The average Bonchev–Trinajstić information content (AvgIpc) is 2.34. The van der Waals surface area contributed by atoms with E-state index in [9.17, 15) is 0 Å². The molecule has 0 aliphatic heterocycles. The van der Waals surface area contributed by atoms with Crippen LogP contribution in [0, 0.1) is 5.53 Å². The zero-order chi connectivity index (χ0) is 11.6.